The molecule has 2 aliphatic carbocycles. The highest BCUT2D eigenvalue weighted by molar-refractivity contribution is 5.22. The van der Waals surface area contributed by atoms with Crippen molar-refractivity contribution in [3.8, 4) is 6.07 Å². The molecular formula is C15H21N3. The first-order chi connectivity index (χ1) is 8.81. The molecule has 1 aromatic heterocycles. The van der Waals surface area contributed by atoms with E-state index in [1.807, 2.05) is 0 Å². The normalized spacial score (nSPS) is 27.6. The Morgan fingerprint density at radius 2 is 1.94 bits per heavy atom. The van der Waals surface area contributed by atoms with Crippen LogP contribution >= 0.6 is 0 Å². The van der Waals surface area contributed by atoms with Crippen LogP contribution < -0.4 is 0 Å². The first-order valence-electron chi connectivity index (χ1n) is 7.27. The molecule has 1 heterocycles. The van der Waals surface area contributed by atoms with Crippen LogP contribution in [0.2, 0.25) is 0 Å². The fraction of sp³-hybridized carbons (Fsp3) is 0.733. The van der Waals surface area contributed by atoms with Gasteiger partial charge in [-0.2, -0.15) is 5.26 Å². The quantitative estimate of drug-likeness (QED) is 0.759. The van der Waals surface area contributed by atoms with Crippen molar-refractivity contribution in [3.63, 3.8) is 0 Å². The zero-order valence-corrected chi connectivity index (χ0v) is 11.2. The summed E-state index contributed by atoms with van der Waals surface area (Å²) in [6, 6.07) is 2.91. The largest absolute Gasteiger partial charge is 0.328 e. The van der Waals surface area contributed by atoms with Gasteiger partial charge < -0.3 is 4.57 Å². The van der Waals surface area contributed by atoms with Gasteiger partial charge in [0.1, 0.15) is 5.82 Å². The van der Waals surface area contributed by atoms with Crippen molar-refractivity contribution in [1.29, 1.82) is 5.26 Å². The van der Waals surface area contributed by atoms with Crippen LogP contribution in [-0.4, -0.2) is 9.55 Å². The van der Waals surface area contributed by atoms with Crippen LogP contribution in [0.15, 0.2) is 0 Å². The van der Waals surface area contributed by atoms with Gasteiger partial charge in [-0.3, -0.25) is 0 Å². The molecule has 1 saturated carbocycles. The van der Waals surface area contributed by atoms with Crippen molar-refractivity contribution >= 4 is 0 Å². The van der Waals surface area contributed by atoms with Gasteiger partial charge >= 0.3 is 0 Å². The summed E-state index contributed by atoms with van der Waals surface area (Å²) in [5.74, 6) is 1.33. The van der Waals surface area contributed by atoms with Gasteiger partial charge in [-0.1, -0.05) is 12.8 Å². The molecule has 3 nitrogen and oxygen atoms in total. The van der Waals surface area contributed by atoms with Crippen LogP contribution in [0.5, 0.6) is 0 Å². The molecule has 2 unspecified atom stereocenters. The minimum absolute atomic E-state index is 0.192. The third kappa shape index (κ3) is 1.84. The SMILES string of the molecule is Cc1nc2c(n1C1CCCCC1C#N)CCCC2. The molecule has 0 saturated heterocycles. The van der Waals surface area contributed by atoms with Gasteiger partial charge in [-0.05, 0) is 45.4 Å². The summed E-state index contributed by atoms with van der Waals surface area (Å²) in [6.07, 6.45) is 9.53. The first kappa shape index (κ1) is 11.8. The summed E-state index contributed by atoms with van der Waals surface area (Å²) in [4.78, 5) is 4.75. The van der Waals surface area contributed by atoms with Crippen LogP contribution in [0, 0.1) is 24.2 Å². The summed E-state index contributed by atoms with van der Waals surface area (Å²) < 4.78 is 2.42. The number of aryl methyl sites for hydroxylation is 2. The Hall–Kier alpha value is -1.30. The van der Waals surface area contributed by atoms with Gasteiger partial charge in [0.2, 0.25) is 0 Å². The molecule has 0 aromatic carbocycles. The highest BCUT2D eigenvalue weighted by Gasteiger charge is 2.30. The zero-order chi connectivity index (χ0) is 12.5. The Morgan fingerprint density at radius 1 is 1.17 bits per heavy atom. The van der Waals surface area contributed by atoms with E-state index < -0.39 is 0 Å². The average molecular weight is 243 g/mol. The van der Waals surface area contributed by atoms with Gasteiger partial charge in [0.05, 0.1) is 23.7 Å². The van der Waals surface area contributed by atoms with E-state index in [1.54, 1.807) is 0 Å². The van der Waals surface area contributed by atoms with Gasteiger partial charge in [0.25, 0.3) is 0 Å². The number of aromatic nitrogens is 2. The molecule has 0 amide bonds. The van der Waals surface area contributed by atoms with E-state index in [1.165, 1.54) is 37.1 Å². The molecule has 3 rings (SSSR count). The molecule has 1 fully saturated rings. The maximum absolute atomic E-state index is 9.37. The minimum Gasteiger partial charge on any atom is -0.328 e. The van der Waals surface area contributed by atoms with Crippen LogP contribution in [0.4, 0.5) is 0 Å². The molecule has 3 heteroatoms. The van der Waals surface area contributed by atoms with Crippen molar-refractivity contribution in [2.75, 3.05) is 0 Å². The highest BCUT2D eigenvalue weighted by Crippen LogP contribution is 2.37. The maximum Gasteiger partial charge on any atom is 0.106 e. The van der Waals surface area contributed by atoms with Crippen molar-refractivity contribution in [2.24, 2.45) is 5.92 Å². The number of nitriles is 1. The Labute approximate surface area is 109 Å². The first-order valence-corrected chi connectivity index (χ1v) is 7.27. The summed E-state index contributed by atoms with van der Waals surface area (Å²) >= 11 is 0. The third-order valence-electron chi connectivity index (χ3n) is 4.57. The van der Waals surface area contributed by atoms with Crippen molar-refractivity contribution in [1.82, 2.24) is 9.55 Å². The van der Waals surface area contributed by atoms with E-state index >= 15 is 0 Å². The van der Waals surface area contributed by atoms with E-state index in [0.29, 0.717) is 6.04 Å². The molecule has 0 spiro atoms. The number of nitrogens with zero attached hydrogens (tertiary/aromatic N) is 3. The second-order valence-electron chi connectivity index (χ2n) is 5.72. The predicted octanol–water partition coefficient (Wildman–Crippen LogP) is 3.33. The lowest BCUT2D eigenvalue weighted by Gasteiger charge is -2.31. The lowest BCUT2D eigenvalue weighted by molar-refractivity contribution is 0.279. The second-order valence-corrected chi connectivity index (χ2v) is 5.72. The van der Waals surface area contributed by atoms with Crippen LogP contribution in [-0.2, 0) is 12.8 Å². The van der Waals surface area contributed by atoms with E-state index in [9.17, 15) is 5.26 Å². The van der Waals surface area contributed by atoms with Gasteiger partial charge in [0, 0.05) is 5.69 Å². The Morgan fingerprint density at radius 3 is 2.78 bits per heavy atom. The molecule has 18 heavy (non-hydrogen) atoms. The summed E-state index contributed by atoms with van der Waals surface area (Å²) in [5, 5.41) is 9.37. The van der Waals surface area contributed by atoms with Gasteiger partial charge in [-0.15, -0.1) is 0 Å². The Kier molecular flexibility index (Phi) is 3.11. The summed E-state index contributed by atoms with van der Waals surface area (Å²) in [6.45, 7) is 2.11. The third-order valence-corrected chi connectivity index (χ3v) is 4.57. The van der Waals surface area contributed by atoms with Gasteiger partial charge in [0.15, 0.2) is 0 Å². The topological polar surface area (TPSA) is 41.6 Å². The van der Waals surface area contributed by atoms with E-state index in [2.05, 4.69) is 17.6 Å². The number of rotatable bonds is 1. The van der Waals surface area contributed by atoms with Crippen LogP contribution in [0.3, 0.4) is 0 Å². The molecule has 0 bridgehead atoms. The zero-order valence-electron chi connectivity index (χ0n) is 11.2. The lowest BCUT2D eigenvalue weighted by atomic mass is 9.84. The molecule has 1 aromatic rings. The Balaban J connectivity index is 2.00. The smallest absolute Gasteiger partial charge is 0.106 e. The molecule has 2 atom stereocenters. The van der Waals surface area contributed by atoms with Crippen molar-refractivity contribution < 1.29 is 0 Å². The molecular weight excluding hydrogens is 222 g/mol. The van der Waals surface area contributed by atoms with E-state index in [0.717, 1.165) is 31.5 Å². The van der Waals surface area contributed by atoms with Crippen LogP contribution in [0.1, 0.15) is 61.8 Å². The van der Waals surface area contributed by atoms with E-state index in [-0.39, 0.29) is 5.92 Å². The average Bonchev–Trinajstić information content (AvgIpc) is 2.74. The number of fused-ring (bicyclic) bond motifs is 1. The van der Waals surface area contributed by atoms with Crippen LogP contribution in [0.25, 0.3) is 0 Å². The monoisotopic (exact) mass is 243 g/mol. The van der Waals surface area contributed by atoms with E-state index in [4.69, 9.17) is 4.98 Å². The fourth-order valence-electron chi connectivity index (χ4n) is 3.71. The second kappa shape index (κ2) is 4.76. The summed E-state index contributed by atoms with van der Waals surface area (Å²) in [7, 11) is 0. The van der Waals surface area contributed by atoms with Gasteiger partial charge in [-0.25, -0.2) is 4.98 Å². The molecule has 96 valence electrons. The fourth-order valence-corrected chi connectivity index (χ4v) is 3.71. The number of imidazole rings is 1. The van der Waals surface area contributed by atoms with Crippen molar-refractivity contribution in [3.05, 3.63) is 17.2 Å². The number of hydrogen-bond acceptors (Lipinski definition) is 2. The minimum atomic E-state index is 0.192. The Bertz CT molecular complexity index is 481. The molecule has 0 N–H and O–H groups in total. The molecule has 2 aliphatic rings. The lowest BCUT2D eigenvalue weighted by Crippen LogP contribution is -2.25. The predicted molar refractivity (Wildman–Crippen MR) is 70.2 cm³/mol. The molecule has 0 aliphatic heterocycles. The maximum atomic E-state index is 9.37. The number of hydrogen-bond donors (Lipinski definition) is 0. The standard InChI is InChI=1S/C15H21N3/c1-11-17-13-7-3-5-9-15(13)18(11)14-8-4-2-6-12(14)10-16/h12,14H,2-9H2,1H3. The summed E-state index contributed by atoms with van der Waals surface area (Å²) in [5.41, 5.74) is 2.74. The van der Waals surface area contributed by atoms with Crippen molar-refractivity contribution in [2.45, 2.75) is 64.3 Å². The highest BCUT2D eigenvalue weighted by atomic mass is 15.1. The molecule has 0 radical (unpaired) electrons.